The lowest BCUT2D eigenvalue weighted by molar-refractivity contribution is 0.209. The van der Waals surface area contributed by atoms with Crippen LogP contribution < -0.4 is 19.5 Å². The smallest absolute Gasteiger partial charge is 0.165 e. The van der Waals surface area contributed by atoms with Gasteiger partial charge in [0, 0.05) is 12.1 Å². The van der Waals surface area contributed by atoms with Crippen molar-refractivity contribution >= 4 is 0 Å². The molecule has 0 aromatic heterocycles. The van der Waals surface area contributed by atoms with Gasteiger partial charge in [0.05, 0.1) is 7.11 Å². The van der Waals surface area contributed by atoms with Gasteiger partial charge in [-0.25, -0.2) is 0 Å². The molecule has 1 saturated carbocycles. The zero-order valence-corrected chi connectivity index (χ0v) is 16.3. The van der Waals surface area contributed by atoms with E-state index >= 15 is 0 Å². The third-order valence-corrected chi connectivity index (χ3v) is 5.10. The van der Waals surface area contributed by atoms with Crippen molar-refractivity contribution in [1.29, 1.82) is 0 Å². The van der Waals surface area contributed by atoms with E-state index in [4.69, 9.17) is 14.2 Å². The number of nitrogens with one attached hydrogen (secondary N) is 1. The maximum absolute atomic E-state index is 6.03. The second kappa shape index (κ2) is 10.8. The maximum atomic E-state index is 6.03. The van der Waals surface area contributed by atoms with Gasteiger partial charge >= 0.3 is 0 Å². The van der Waals surface area contributed by atoms with Crippen molar-refractivity contribution in [1.82, 2.24) is 5.32 Å². The van der Waals surface area contributed by atoms with Crippen LogP contribution in [0.5, 0.6) is 17.2 Å². The third-order valence-electron chi connectivity index (χ3n) is 5.10. The summed E-state index contributed by atoms with van der Waals surface area (Å²) in [5.41, 5.74) is 1.13. The van der Waals surface area contributed by atoms with Crippen LogP contribution in [0.15, 0.2) is 48.5 Å². The zero-order valence-electron chi connectivity index (χ0n) is 16.3. The van der Waals surface area contributed by atoms with Crippen LogP contribution in [-0.4, -0.2) is 26.9 Å². The van der Waals surface area contributed by atoms with Gasteiger partial charge in [-0.2, -0.15) is 0 Å². The minimum absolute atomic E-state index is 0.477. The summed E-state index contributed by atoms with van der Waals surface area (Å²) >= 11 is 0. The van der Waals surface area contributed by atoms with Crippen molar-refractivity contribution < 1.29 is 14.2 Å². The van der Waals surface area contributed by atoms with Crippen LogP contribution in [-0.2, 0) is 6.54 Å². The maximum Gasteiger partial charge on any atom is 0.165 e. The van der Waals surface area contributed by atoms with E-state index in [0.29, 0.717) is 13.2 Å². The molecule has 0 bridgehead atoms. The summed E-state index contributed by atoms with van der Waals surface area (Å²) in [6.45, 7) is 2.85. The molecule has 4 heteroatoms. The average Bonchev–Trinajstić information content (AvgIpc) is 2.73. The van der Waals surface area contributed by atoms with E-state index in [9.17, 15) is 0 Å². The van der Waals surface area contributed by atoms with Crippen LogP contribution in [0.2, 0.25) is 0 Å². The van der Waals surface area contributed by atoms with E-state index in [-0.39, 0.29) is 0 Å². The van der Waals surface area contributed by atoms with Crippen LogP contribution in [0.25, 0.3) is 0 Å². The molecule has 1 N–H and O–H groups in total. The van der Waals surface area contributed by atoms with E-state index in [2.05, 4.69) is 11.4 Å². The van der Waals surface area contributed by atoms with Crippen molar-refractivity contribution in [2.75, 3.05) is 26.9 Å². The Hall–Kier alpha value is -2.20. The lowest BCUT2D eigenvalue weighted by Gasteiger charge is -2.22. The molecule has 146 valence electrons. The number of para-hydroxylation sites is 2. The van der Waals surface area contributed by atoms with Gasteiger partial charge in [0.2, 0.25) is 0 Å². The summed E-state index contributed by atoms with van der Waals surface area (Å²) < 4.78 is 17.3. The monoisotopic (exact) mass is 369 g/mol. The predicted molar refractivity (Wildman–Crippen MR) is 109 cm³/mol. The summed E-state index contributed by atoms with van der Waals surface area (Å²) in [5.74, 6) is 3.25. The summed E-state index contributed by atoms with van der Waals surface area (Å²) in [7, 11) is 1.68. The average molecular weight is 370 g/mol. The molecule has 1 fully saturated rings. The van der Waals surface area contributed by atoms with Gasteiger partial charge in [0.15, 0.2) is 11.5 Å². The normalized spacial score (nSPS) is 14.7. The molecule has 0 aliphatic heterocycles. The molecule has 0 unspecified atom stereocenters. The van der Waals surface area contributed by atoms with Gasteiger partial charge in [0.1, 0.15) is 19.0 Å². The minimum Gasteiger partial charge on any atom is -0.493 e. The van der Waals surface area contributed by atoms with E-state index in [1.54, 1.807) is 7.11 Å². The molecule has 2 aromatic carbocycles. The largest absolute Gasteiger partial charge is 0.493 e. The van der Waals surface area contributed by atoms with Crippen LogP contribution in [0, 0.1) is 5.92 Å². The van der Waals surface area contributed by atoms with E-state index in [0.717, 1.165) is 41.8 Å². The van der Waals surface area contributed by atoms with E-state index < -0.39 is 0 Å². The molecule has 4 nitrogen and oxygen atoms in total. The van der Waals surface area contributed by atoms with E-state index in [1.807, 2.05) is 42.5 Å². The first-order valence-corrected chi connectivity index (χ1v) is 10.0. The van der Waals surface area contributed by atoms with Gasteiger partial charge in [-0.3, -0.25) is 0 Å². The number of ether oxygens (including phenoxy) is 3. The highest BCUT2D eigenvalue weighted by atomic mass is 16.5. The Morgan fingerprint density at radius 2 is 1.67 bits per heavy atom. The fraction of sp³-hybridized carbons (Fsp3) is 0.478. The predicted octanol–water partition coefficient (Wildman–Crippen LogP) is 4.82. The minimum atomic E-state index is 0.477. The lowest BCUT2D eigenvalue weighted by atomic mass is 9.89. The van der Waals surface area contributed by atoms with Crippen LogP contribution in [0.3, 0.4) is 0 Å². The van der Waals surface area contributed by atoms with Gasteiger partial charge in [-0.1, -0.05) is 49.6 Å². The Morgan fingerprint density at radius 1 is 0.889 bits per heavy atom. The molecule has 3 rings (SSSR count). The van der Waals surface area contributed by atoms with Crippen LogP contribution in [0.1, 0.15) is 37.7 Å². The second-order valence-electron chi connectivity index (χ2n) is 7.09. The number of methoxy groups -OCH3 is 1. The molecule has 1 aliphatic carbocycles. The standard InChI is InChI=1S/C23H31NO3/c1-25-22-14-8-11-20(18-24-17-19-9-4-2-5-10-19)23(22)27-16-15-26-21-12-6-3-7-13-21/h3,6-8,11-14,19,24H,2,4-5,9-10,15-18H2,1H3. The highest BCUT2D eigenvalue weighted by Crippen LogP contribution is 2.31. The molecular weight excluding hydrogens is 338 g/mol. The molecule has 0 spiro atoms. The first-order chi connectivity index (χ1) is 13.4. The summed E-state index contributed by atoms with van der Waals surface area (Å²) in [6.07, 6.45) is 6.86. The molecule has 27 heavy (non-hydrogen) atoms. The Morgan fingerprint density at radius 3 is 2.44 bits per heavy atom. The van der Waals surface area contributed by atoms with Crippen molar-refractivity contribution in [2.45, 2.75) is 38.6 Å². The Labute approximate surface area is 162 Å². The van der Waals surface area contributed by atoms with Gasteiger partial charge in [-0.15, -0.1) is 0 Å². The number of hydrogen-bond acceptors (Lipinski definition) is 4. The van der Waals surface area contributed by atoms with Crippen molar-refractivity contribution in [2.24, 2.45) is 5.92 Å². The first kappa shape index (κ1) is 19.6. The topological polar surface area (TPSA) is 39.7 Å². The SMILES string of the molecule is COc1cccc(CNCC2CCCCC2)c1OCCOc1ccccc1. The quantitative estimate of drug-likeness (QED) is 0.609. The van der Waals surface area contributed by atoms with E-state index in [1.165, 1.54) is 32.1 Å². The molecule has 0 heterocycles. The molecule has 0 atom stereocenters. The molecule has 0 saturated heterocycles. The number of benzene rings is 2. The molecular formula is C23H31NO3. The Kier molecular flexibility index (Phi) is 7.84. The van der Waals surface area contributed by atoms with Gasteiger partial charge in [0.25, 0.3) is 0 Å². The van der Waals surface area contributed by atoms with Crippen molar-refractivity contribution in [3.63, 3.8) is 0 Å². The Bertz CT molecular complexity index is 669. The number of hydrogen-bond donors (Lipinski definition) is 1. The van der Waals surface area contributed by atoms with Crippen LogP contribution >= 0.6 is 0 Å². The summed E-state index contributed by atoms with van der Waals surface area (Å²) in [5, 5.41) is 3.61. The fourth-order valence-electron chi connectivity index (χ4n) is 3.65. The molecule has 0 radical (unpaired) electrons. The summed E-state index contributed by atoms with van der Waals surface area (Å²) in [6, 6.07) is 15.9. The van der Waals surface area contributed by atoms with Crippen molar-refractivity contribution in [3.8, 4) is 17.2 Å². The zero-order chi connectivity index (χ0) is 18.7. The lowest BCUT2D eigenvalue weighted by Crippen LogP contribution is -2.24. The van der Waals surface area contributed by atoms with Gasteiger partial charge in [-0.05, 0) is 43.5 Å². The molecule has 2 aromatic rings. The fourth-order valence-corrected chi connectivity index (χ4v) is 3.65. The first-order valence-electron chi connectivity index (χ1n) is 10.0. The van der Waals surface area contributed by atoms with Gasteiger partial charge < -0.3 is 19.5 Å². The van der Waals surface area contributed by atoms with Crippen LogP contribution in [0.4, 0.5) is 0 Å². The third kappa shape index (κ3) is 6.17. The summed E-state index contributed by atoms with van der Waals surface area (Å²) in [4.78, 5) is 0. The molecule has 1 aliphatic rings. The number of rotatable bonds is 10. The highest BCUT2D eigenvalue weighted by molar-refractivity contribution is 5.46. The highest BCUT2D eigenvalue weighted by Gasteiger charge is 2.14. The van der Waals surface area contributed by atoms with Crippen molar-refractivity contribution in [3.05, 3.63) is 54.1 Å². The second-order valence-corrected chi connectivity index (χ2v) is 7.09. The Balaban J connectivity index is 1.51. The molecule has 0 amide bonds.